The van der Waals surface area contributed by atoms with Gasteiger partial charge in [-0.2, -0.15) is 0 Å². The van der Waals surface area contributed by atoms with Gasteiger partial charge in [-0.3, -0.25) is 0 Å². The first kappa shape index (κ1) is 5.96. The summed E-state index contributed by atoms with van der Waals surface area (Å²) in [7, 11) is 0. The van der Waals surface area contributed by atoms with Crippen LogP contribution in [0.15, 0.2) is 12.2 Å². The topological polar surface area (TPSA) is 102 Å². The zero-order valence-electron chi connectivity index (χ0n) is 6.53. The van der Waals surface area contributed by atoms with E-state index >= 15 is 0 Å². The molecule has 1 aromatic rings. The van der Waals surface area contributed by atoms with Gasteiger partial charge in [0, 0.05) is 0 Å². The molecule has 0 radical (unpaired) electrons. The largest absolute Gasteiger partial charge is 0.477 e. The smallest absolute Gasteiger partial charge is 0.354 e. The summed E-state index contributed by atoms with van der Waals surface area (Å²) >= 11 is 0. The quantitative estimate of drug-likeness (QED) is 0.526. The lowest BCUT2D eigenvalue weighted by Gasteiger charge is -1.98. The van der Waals surface area contributed by atoms with Crippen LogP contribution in [0.1, 0.15) is 11.9 Å². The first-order valence-corrected chi connectivity index (χ1v) is 2.78. The molecule has 1 heterocycles. The molecule has 1 aromatic heterocycles. The minimum Gasteiger partial charge on any atom is -0.477 e. The number of nitrogen functional groups attached to an aromatic ring is 2. The van der Waals surface area contributed by atoms with Gasteiger partial charge in [-0.1, -0.05) is 0 Å². The second-order valence-electron chi connectivity index (χ2n) is 1.91. The van der Waals surface area contributed by atoms with Crippen LogP contribution in [0, 0.1) is 0 Å². The van der Waals surface area contributed by atoms with Crippen molar-refractivity contribution in [2.45, 2.75) is 0 Å². The molecule has 0 aromatic carbocycles. The number of aromatic nitrogens is 1. The van der Waals surface area contributed by atoms with Crippen molar-refractivity contribution >= 4 is 17.3 Å². The number of carboxylic acid groups (broad SMARTS) is 1. The Balaban J connectivity index is 3.36. The normalized spacial score (nSPS) is 10.7. The molecule has 0 aliphatic rings. The monoisotopic (exact) mass is 154 g/mol. The van der Waals surface area contributed by atoms with Crippen molar-refractivity contribution in [2.24, 2.45) is 0 Å². The fourth-order valence-electron chi connectivity index (χ4n) is 0.544. The SMILES string of the molecule is [2H]c1c(C(=O)O)ncc(N)c1N. The molecule has 0 fully saturated rings. The second-order valence-corrected chi connectivity index (χ2v) is 1.91. The number of rotatable bonds is 1. The number of carboxylic acids is 1. The predicted molar refractivity (Wildman–Crippen MR) is 40.0 cm³/mol. The third-order valence-electron chi connectivity index (χ3n) is 1.10. The van der Waals surface area contributed by atoms with Crippen molar-refractivity contribution in [3.05, 3.63) is 17.9 Å². The maximum Gasteiger partial charge on any atom is 0.354 e. The standard InChI is InChI=1S/C6H7N3O2/c7-3-1-5(6(10)11)9-2-4(3)8/h1-2H,8H2,(H2,7,9)(H,10,11)/i1D. The van der Waals surface area contributed by atoms with Crippen LogP contribution in [-0.2, 0) is 0 Å². The molecular weight excluding hydrogens is 146 g/mol. The Labute approximate surface area is 64.1 Å². The van der Waals surface area contributed by atoms with Crippen molar-refractivity contribution in [3.8, 4) is 0 Å². The lowest BCUT2D eigenvalue weighted by atomic mass is 10.3. The van der Waals surface area contributed by atoms with Crippen LogP contribution in [-0.4, -0.2) is 16.1 Å². The van der Waals surface area contributed by atoms with E-state index in [4.69, 9.17) is 17.9 Å². The molecule has 5 nitrogen and oxygen atoms in total. The van der Waals surface area contributed by atoms with Crippen molar-refractivity contribution in [1.29, 1.82) is 0 Å². The molecular formula is C6H7N3O2. The minimum atomic E-state index is -1.29. The third kappa shape index (κ3) is 1.37. The molecule has 0 aliphatic carbocycles. The van der Waals surface area contributed by atoms with Gasteiger partial charge in [-0.05, 0) is 6.04 Å². The highest BCUT2D eigenvalue weighted by molar-refractivity contribution is 5.87. The summed E-state index contributed by atoms with van der Waals surface area (Å²) in [5, 5.41) is 8.50. The number of aromatic carboxylic acids is 1. The van der Waals surface area contributed by atoms with Gasteiger partial charge in [0.05, 0.1) is 18.9 Å². The second kappa shape index (κ2) is 2.45. The van der Waals surface area contributed by atoms with Crippen LogP contribution in [0.4, 0.5) is 11.4 Å². The number of nitrogens with two attached hydrogens (primary N) is 2. The Hall–Kier alpha value is -1.78. The zero-order valence-corrected chi connectivity index (χ0v) is 5.53. The summed E-state index contributed by atoms with van der Waals surface area (Å²) in [6.07, 6.45) is 1.12. The molecule has 0 saturated heterocycles. The van der Waals surface area contributed by atoms with Gasteiger partial charge >= 0.3 is 5.97 Å². The molecule has 11 heavy (non-hydrogen) atoms. The van der Waals surface area contributed by atoms with E-state index in [0.29, 0.717) is 0 Å². The molecule has 0 atom stereocenters. The number of carbonyl (C=O) groups is 1. The molecule has 0 aliphatic heterocycles. The highest BCUT2D eigenvalue weighted by Crippen LogP contribution is 2.12. The van der Waals surface area contributed by atoms with E-state index in [9.17, 15) is 4.79 Å². The summed E-state index contributed by atoms with van der Waals surface area (Å²) < 4.78 is 7.22. The molecule has 0 unspecified atom stereocenters. The minimum absolute atomic E-state index is 0.0533. The number of pyridine rings is 1. The first-order valence-electron chi connectivity index (χ1n) is 3.28. The maximum absolute atomic E-state index is 10.4. The van der Waals surface area contributed by atoms with E-state index in [1.807, 2.05) is 0 Å². The number of hydrogen-bond donors (Lipinski definition) is 3. The van der Waals surface area contributed by atoms with E-state index in [0.717, 1.165) is 6.20 Å². The average Bonchev–Trinajstić information content (AvgIpc) is 2.00. The molecule has 1 rings (SSSR count). The van der Waals surface area contributed by atoms with Crippen LogP contribution < -0.4 is 11.5 Å². The summed E-state index contributed by atoms with van der Waals surface area (Å²) in [5.41, 5.74) is 10.3. The van der Waals surface area contributed by atoms with Crippen LogP contribution in [0.25, 0.3) is 0 Å². The number of hydrogen-bond acceptors (Lipinski definition) is 4. The number of anilines is 2. The first-order chi connectivity index (χ1) is 5.54. The average molecular weight is 154 g/mol. The molecule has 58 valence electrons. The summed E-state index contributed by atoms with van der Waals surface area (Å²) in [6.45, 7) is 0. The summed E-state index contributed by atoms with van der Waals surface area (Å²) in [4.78, 5) is 13.9. The van der Waals surface area contributed by atoms with E-state index in [2.05, 4.69) is 4.98 Å². The zero-order chi connectivity index (χ0) is 9.30. The van der Waals surface area contributed by atoms with Gasteiger partial charge < -0.3 is 16.6 Å². The number of nitrogens with zero attached hydrogens (tertiary/aromatic N) is 1. The third-order valence-corrected chi connectivity index (χ3v) is 1.10. The van der Waals surface area contributed by atoms with E-state index < -0.39 is 5.97 Å². The van der Waals surface area contributed by atoms with Crippen molar-refractivity contribution < 1.29 is 11.3 Å². The molecule has 0 saturated carbocycles. The van der Waals surface area contributed by atoms with Crippen LogP contribution in [0.3, 0.4) is 0 Å². The summed E-state index contributed by atoms with van der Waals surface area (Å²) in [6, 6.07) is -0.345. The Kier molecular flexibility index (Phi) is 1.33. The Morgan fingerprint density at radius 2 is 2.27 bits per heavy atom. The Bertz CT molecular complexity index is 340. The molecule has 0 spiro atoms. The molecule has 5 N–H and O–H groups in total. The lowest BCUT2D eigenvalue weighted by Crippen LogP contribution is -2.03. The van der Waals surface area contributed by atoms with Gasteiger partial charge in [-0.25, -0.2) is 9.78 Å². The van der Waals surface area contributed by atoms with Crippen LogP contribution >= 0.6 is 0 Å². The van der Waals surface area contributed by atoms with Crippen LogP contribution in [0.5, 0.6) is 0 Å². The lowest BCUT2D eigenvalue weighted by molar-refractivity contribution is 0.0690. The van der Waals surface area contributed by atoms with Gasteiger partial charge in [0.15, 0.2) is 0 Å². The fourth-order valence-corrected chi connectivity index (χ4v) is 0.544. The van der Waals surface area contributed by atoms with Gasteiger partial charge in [-0.15, -0.1) is 0 Å². The van der Waals surface area contributed by atoms with Crippen molar-refractivity contribution in [2.75, 3.05) is 11.5 Å². The van der Waals surface area contributed by atoms with Crippen LogP contribution in [0.2, 0.25) is 0 Å². The predicted octanol–water partition coefficient (Wildman–Crippen LogP) is -0.0558. The van der Waals surface area contributed by atoms with E-state index in [1.165, 1.54) is 0 Å². The van der Waals surface area contributed by atoms with E-state index in [-0.39, 0.29) is 23.1 Å². The Morgan fingerprint density at radius 1 is 1.64 bits per heavy atom. The van der Waals surface area contributed by atoms with Gasteiger partial charge in [0.25, 0.3) is 0 Å². The van der Waals surface area contributed by atoms with Gasteiger partial charge in [0.1, 0.15) is 5.69 Å². The highest BCUT2D eigenvalue weighted by Gasteiger charge is 2.05. The van der Waals surface area contributed by atoms with Gasteiger partial charge in [0.2, 0.25) is 0 Å². The van der Waals surface area contributed by atoms with E-state index in [1.54, 1.807) is 0 Å². The van der Waals surface area contributed by atoms with Crippen molar-refractivity contribution in [1.82, 2.24) is 4.98 Å². The van der Waals surface area contributed by atoms with Crippen molar-refractivity contribution in [3.63, 3.8) is 0 Å². The molecule has 0 amide bonds. The molecule has 0 bridgehead atoms. The summed E-state index contributed by atoms with van der Waals surface area (Å²) in [5.74, 6) is -1.29. The Morgan fingerprint density at radius 3 is 2.82 bits per heavy atom. The fraction of sp³-hybridized carbons (Fsp3) is 0. The molecule has 5 heteroatoms. The highest BCUT2D eigenvalue weighted by atomic mass is 16.4. The maximum atomic E-state index is 10.4.